The lowest BCUT2D eigenvalue weighted by Gasteiger charge is -2.16. The van der Waals surface area contributed by atoms with Crippen LogP contribution in [0, 0.1) is 0 Å². The van der Waals surface area contributed by atoms with Crippen LogP contribution < -0.4 is 5.32 Å². The highest BCUT2D eigenvalue weighted by Gasteiger charge is 2.25. The lowest BCUT2D eigenvalue weighted by atomic mass is 10.0. The SMILES string of the molecule is CCCCCCCCCCCCCCCCCCCCCCOCCSC[C@H](NC(=O)OCC(Cl)(Cl)Cl)C(=O)O. The summed E-state index contributed by atoms with van der Waals surface area (Å²) in [6.07, 6.45) is 26.4. The first-order chi connectivity index (χ1) is 19.3. The molecule has 0 aromatic heterocycles. The number of hydrogen-bond acceptors (Lipinski definition) is 5. The summed E-state index contributed by atoms with van der Waals surface area (Å²) >= 11 is 17.9. The number of amides is 1. The van der Waals surface area contributed by atoms with Crippen molar-refractivity contribution in [1.82, 2.24) is 5.32 Å². The van der Waals surface area contributed by atoms with Crippen molar-refractivity contribution in [2.45, 2.75) is 145 Å². The van der Waals surface area contributed by atoms with Crippen LogP contribution in [0.5, 0.6) is 0 Å². The van der Waals surface area contributed by atoms with Crippen molar-refractivity contribution in [1.29, 1.82) is 0 Å². The first-order valence-corrected chi connectivity index (χ1v) is 17.9. The fraction of sp³-hybridized carbons (Fsp3) is 0.933. The molecule has 0 bridgehead atoms. The number of unbranched alkanes of at least 4 members (excludes halogenated alkanes) is 19. The largest absolute Gasteiger partial charge is 0.480 e. The van der Waals surface area contributed by atoms with Crippen LogP contribution >= 0.6 is 46.6 Å². The molecule has 1 amide bonds. The molecular weight excluding hydrogens is 593 g/mol. The van der Waals surface area contributed by atoms with Gasteiger partial charge >= 0.3 is 12.1 Å². The molecule has 0 saturated heterocycles. The Balaban J connectivity index is 3.36. The Morgan fingerprint density at radius 1 is 0.725 bits per heavy atom. The average Bonchev–Trinajstić information content (AvgIpc) is 2.90. The second-order valence-corrected chi connectivity index (χ2v) is 14.3. The van der Waals surface area contributed by atoms with Crippen LogP contribution in [-0.2, 0) is 14.3 Å². The standard InChI is InChI=1S/C30H56Cl3NO5S/c1-2-3-4-5-6-7-8-9-10-11-12-13-14-15-16-17-18-19-20-21-22-38-23-24-40-25-27(28(35)36)34-29(37)39-26-30(31,32)33/h27H,2-26H2,1H3,(H,34,37)(H,35,36)/t27-/m0/s1. The minimum Gasteiger partial charge on any atom is -0.480 e. The summed E-state index contributed by atoms with van der Waals surface area (Å²) < 4.78 is 8.61. The van der Waals surface area contributed by atoms with Crippen LogP contribution in [0.25, 0.3) is 0 Å². The number of nitrogens with one attached hydrogen (secondary N) is 1. The molecule has 40 heavy (non-hydrogen) atoms. The number of thioether (sulfide) groups is 1. The third kappa shape index (κ3) is 30.9. The molecule has 0 saturated carbocycles. The molecule has 0 spiro atoms. The molecule has 2 N–H and O–H groups in total. The zero-order chi connectivity index (χ0) is 29.7. The molecule has 10 heteroatoms. The van der Waals surface area contributed by atoms with Crippen molar-refractivity contribution in [2.75, 3.05) is 31.3 Å². The summed E-state index contributed by atoms with van der Waals surface area (Å²) in [6, 6.07) is -1.09. The second kappa shape index (κ2) is 29.0. The van der Waals surface area contributed by atoms with Crippen LogP contribution in [0.1, 0.15) is 135 Å². The van der Waals surface area contributed by atoms with E-state index in [4.69, 9.17) is 44.3 Å². The smallest absolute Gasteiger partial charge is 0.408 e. The molecular formula is C30H56Cl3NO5S. The maximum atomic E-state index is 11.6. The van der Waals surface area contributed by atoms with Crippen LogP contribution in [-0.4, -0.2) is 58.3 Å². The van der Waals surface area contributed by atoms with Gasteiger partial charge in [0.2, 0.25) is 3.79 Å². The molecule has 0 aromatic rings. The number of carbonyl (C=O) groups is 2. The summed E-state index contributed by atoms with van der Waals surface area (Å²) in [5.74, 6) is -0.307. The van der Waals surface area contributed by atoms with Gasteiger partial charge < -0.3 is 19.9 Å². The van der Waals surface area contributed by atoms with Gasteiger partial charge in [-0.15, -0.1) is 0 Å². The van der Waals surface area contributed by atoms with E-state index in [1.807, 2.05) is 0 Å². The Morgan fingerprint density at radius 2 is 1.15 bits per heavy atom. The van der Waals surface area contributed by atoms with Gasteiger partial charge in [-0.3, -0.25) is 0 Å². The molecule has 0 rings (SSSR count). The Hall–Kier alpha value is -0.0800. The van der Waals surface area contributed by atoms with Crippen LogP contribution in [0.3, 0.4) is 0 Å². The number of hydrogen-bond donors (Lipinski definition) is 2. The minimum atomic E-state index is -1.74. The van der Waals surface area contributed by atoms with Gasteiger partial charge in [-0.2, -0.15) is 11.8 Å². The monoisotopic (exact) mass is 647 g/mol. The first-order valence-electron chi connectivity index (χ1n) is 15.6. The number of alkyl halides is 3. The van der Waals surface area contributed by atoms with E-state index >= 15 is 0 Å². The van der Waals surface area contributed by atoms with Crippen LogP contribution in [0.4, 0.5) is 4.79 Å². The van der Waals surface area contributed by atoms with Crippen molar-refractivity contribution in [3.05, 3.63) is 0 Å². The van der Waals surface area contributed by atoms with E-state index in [0.29, 0.717) is 12.4 Å². The second-order valence-electron chi connectivity index (χ2n) is 10.6. The van der Waals surface area contributed by atoms with E-state index in [9.17, 15) is 14.7 Å². The fourth-order valence-electron chi connectivity index (χ4n) is 4.39. The van der Waals surface area contributed by atoms with E-state index in [1.54, 1.807) is 0 Å². The third-order valence-corrected chi connectivity index (χ3v) is 8.11. The Bertz CT molecular complexity index is 596. The number of carboxylic acids is 1. The average molecular weight is 649 g/mol. The van der Waals surface area contributed by atoms with Gasteiger partial charge in [-0.25, -0.2) is 9.59 Å². The number of rotatable bonds is 29. The fourth-order valence-corrected chi connectivity index (χ4v) is 5.41. The number of halogens is 3. The molecule has 0 unspecified atom stereocenters. The molecule has 0 fully saturated rings. The zero-order valence-electron chi connectivity index (χ0n) is 24.9. The summed E-state index contributed by atoms with van der Waals surface area (Å²) in [7, 11) is 0. The summed E-state index contributed by atoms with van der Waals surface area (Å²) in [6.45, 7) is 3.09. The number of carbonyl (C=O) groups excluding carboxylic acids is 1. The van der Waals surface area contributed by atoms with E-state index in [-0.39, 0.29) is 5.75 Å². The normalized spacial score (nSPS) is 12.4. The molecule has 0 aromatic carbocycles. The van der Waals surface area contributed by atoms with Gasteiger partial charge in [0.25, 0.3) is 0 Å². The maximum Gasteiger partial charge on any atom is 0.408 e. The van der Waals surface area contributed by atoms with E-state index in [2.05, 4.69) is 12.2 Å². The number of aliphatic carboxylic acids is 1. The predicted molar refractivity (Wildman–Crippen MR) is 172 cm³/mol. The summed E-state index contributed by atoms with van der Waals surface area (Å²) in [5, 5.41) is 11.5. The van der Waals surface area contributed by atoms with Gasteiger partial charge in [0.15, 0.2) is 0 Å². The van der Waals surface area contributed by atoms with Crippen LogP contribution in [0.15, 0.2) is 0 Å². The molecule has 6 nitrogen and oxygen atoms in total. The number of alkyl carbamates (subject to hydrolysis) is 1. The van der Waals surface area contributed by atoms with E-state index in [0.717, 1.165) is 13.0 Å². The quantitative estimate of drug-likeness (QED) is 0.0620. The highest BCUT2D eigenvalue weighted by atomic mass is 35.6. The van der Waals surface area contributed by atoms with Gasteiger partial charge in [0, 0.05) is 18.1 Å². The van der Waals surface area contributed by atoms with Crippen LogP contribution in [0.2, 0.25) is 0 Å². The maximum absolute atomic E-state index is 11.6. The number of ether oxygens (including phenoxy) is 2. The summed E-state index contributed by atoms with van der Waals surface area (Å²) in [5.41, 5.74) is 0. The Labute approximate surface area is 263 Å². The minimum absolute atomic E-state index is 0.195. The van der Waals surface area contributed by atoms with Gasteiger partial charge in [-0.05, 0) is 6.42 Å². The van der Waals surface area contributed by atoms with Gasteiger partial charge in [0.05, 0.1) is 6.61 Å². The zero-order valence-corrected chi connectivity index (χ0v) is 28.0. The summed E-state index contributed by atoms with van der Waals surface area (Å²) in [4.78, 5) is 23.0. The highest BCUT2D eigenvalue weighted by Crippen LogP contribution is 2.25. The van der Waals surface area contributed by atoms with Crippen molar-refractivity contribution < 1.29 is 24.2 Å². The van der Waals surface area contributed by atoms with E-state index < -0.39 is 28.5 Å². The predicted octanol–water partition coefficient (Wildman–Crippen LogP) is 10.1. The van der Waals surface area contributed by atoms with Crippen molar-refractivity contribution in [3.8, 4) is 0 Å². The lowest BCUT2D eigenvalue weighted by Crippen LogP contribution is -2.43. The topological polar surface area (TPSA) is 84.9 Å². The molecule has 0 aliphatic heterocycles. The molecule has 0 aliphatic carbocycles. The van der Waals surface area contributed by atoms with Crippen molar-refractivity contribution in [3.63, 3.8) is 0 Å². The molecule has 0 aliphatic rings. The Morgan fingerprint density at radius 3 is 1.55 bits per heavy atom. The third-order valence-electron chi connectivity index (χ3n) is 6.76. The lowest BCUT2D eigenvalue weighted by molar-refractivity contribution is -0.138. The van der Waals surface area contributed by atoms with Crippen molar-refractivity contribution in [2.24, 2.45) is 0 Å². The number of carboxylic acid groups (broad SMARTS) is 1. The first kappa shape index (κ1) is 39.9. The van der Waals surface area contributed by atoms with Gasteiger partial charge in [-0.1, -0.05) is 164 Å². The highest BCUT2D eigenvalue weighted by molar-refractivity contribution is 7.99. The van der Waals surface area contributed by atoms with Crippen molar-refractivity contribution >= 4 is 58.6 Å². The molecule has 238 valence electrons. The van der Waals surface area contributed by atoms with E-state index in [1.165, 1.54) is 134 Å². The van der Waals surface area contributed by atoms with Gasteiger partial charge in [0.1, 0.15) is 12.6 Å². The molecule has 0 radical (unpaired) electrons. The Kier molecular flexibility index (Phi) is 29.0. The molecule has 1 atom stereocenters. The molecule has 0 heterocycles.